The van der Waals surface area contributed by atoms with Gasteiger partial charge in [0.2, 0.25) is 0 Å². The molecule has 0 spiro atoms. The Morgan fingerprint density at radius 2 is 2.24 bits per heavy atom. The van der Waals surface area contributed by atoms with E-state index in [1.54, 1.807) is 0 Å². The van der Waals surface area contributed by atoms with Gasteiger partial charge in [-0.15, -0.1) is 0 Å². The second kappa shape index (κ2) is 6.26. The number of imidazole rings is 1. The summed E-state index contributed by atoms with van der Waals surface area (Å²) in [6.07, 6.45) is 8.28. The van der Waals surface area contributed by atoms with Gasteiger partial charge in [0, 0.05) is 39.2 Å². The molecule has 1 atom stereocenters. The fraction of sp³-hybridized carbons (Fsp3) is 0.500. The molecule has 1 aliphatic heterocycles. The SMILES string of the molecule is CNc1cc(C2CCCN(Cc3nccn3C)C2)ccn1. The van der Waals surface area contributed by atoms with E-state index in [0.717, 1.165) is 31.3 Å². The van der Waals surface area contributed by atoms with Crippen molar-refractivity contribution in [3.63, 3.8) is 0 Å². The van der Waals surface area contributed by atoms with E-state index >= 15 is 0 Å². The van der Waals surface area contributed by atoms with Gasteiger partial charge in [-0.2, -0.15) is 0 Å². The minimum Gasteiger partial charge on any atom is -0.373 e. The Bertz CT molecular complexity index is 592. The molecular formula is C16H23N5. The summed E-state index contributed by atoms with van der Waals surface area (Å²) in [4.78, 5) is 11.3. The fourth-order valence-corrected chi connectivity index (χ4v) is 3.06. The highest BCUT2D eigenvalue weighted by Gasteiger charge is 2.22. The summed E-state index contributed by atoms with van der Waals surface area (Å²) in [5.41, 5.74) is 1.39. The summed E-state index contributed by atoms with van der Waals surface area (Å²) in [7, 11) is 3.98. The van der Waals surface area contributed by atoms with Crippen molar-refractivity contribution in [3.05, 3.63) is 42.1 Å². The molecular weight excluding hydrogens is 262 g/mol. The first-order valence-corrected chi connectivity index (χ1v) is 7.58. The van der Waals surface area contributed by atoms with Gasteiger partial charge < -0.3 is 9.88 Å². The second-order valence-electron chi connectivity index (χ2n) is 5.75. The minimum atomic E-state index is 0.592. The Kier molecular flexibility index (Phi) is 4.20. The summed E-state index contributed by atoms with van der Waals surface area (Å²) in [6.45, 7) is 3.19. The van der Waals surface area contributed by atoms with Crippen LogP contribution in [0, 0.1) is 0 Å². The third-order valence-corrected chi connectivity index (χ3v) is 4.30. The van der Waals surface area contributed by atoms with E-state index in [4.69, 9.17) is 0 Å². The molecule has 1 aliphatic rings. The maximum atomic E-state index is 4.44. The second-order valence-corrected chi connectivity index (χ2v) is 5.75. The first-order chi connectivity index (χ1) is 10.3. The quantitative estimate of drug-likeness (QED) is 0.936. The molecule has 0 radical (unpaired) electrons. The lowest BCUT2D eigenvalue weighted by Gasteiger charge is -2.32. The fourth-order valence-electron chi connectivity index (χ4n) is 3.06. The third kappa shape index (κ3) is 3.24. The van der Waals surface area contributed by atoms with Crippen LogP contribution < -0.4 is 5.32 Å². The molecule has 1 fully saturated rings. The molecule has 1 saturated heterocycles. The average Bonchev–Trinajstić information content (AvgIpc) is 2.93. The maximum absolute atomic E-state index is 4.44. The van der Waals surface area contributed by atoms with E-state index in [1.807, 2.05) is 25.6 Å². The zero-order chi connectivity index (χ0) is 14.7. The number of rotatable bonds is 4. The number of aryl methyl sites for hydroxylation is 1. The van der Waals surface area contributed by atoms with Crippen molar-refractivity contribution in [2.45, 2.75) is 25.3 Å². The Hall–Kier alpha value is -1.88. The minimum absolute atomic E-state index is 0.592. The van der Waals surface area contributed by atoms with Crippen molar-refractivity contribution >= 4 is 5.82 Å². The van der Waals surface area contributed by atoms with Gasteiger partial charge in [-0.25, -0.2) is 9.97 Å². The van der Waals surface area contributed by atoms with E-state index in [0.29, 0.717) is 5.92 Å². The van der Waals surface area contributed by atoms with Crippen molar-refractivity contribution in [2.24, 2.45) is 7.05 Å². The summed E-state index contributed by atoms with van der Waals surface area (Å²) < 4.78 is 2.11. The molecule has 2 aromatic rings. The lowest BCUT2D eigenvalue weighted by atomic mass is 9.91. The van der Waals surface area contributed by atoms with Gasteiger partial charge >= 0.3 is 0 Å². The average molecular weight is 285 g/mol. The van der Waals surface area contributed by atoms with Crippen LogP contribution in [0.5, 0.6) is 0 Å². The molecule has 0 aromatic carbocycles. The van der Waals surface area contributed by atoms with Crippen molar-refractivity contribution in [3.8, 4) is 0 Å². The van der Waals surface area contributed by atoms with Gasteiger partial charge in [0.25, 0.3) is 0 Å². The first kappa shape index (κ1) is 14.1. The molecule has 0 aliphatic carbocycles. The predicted octanol–water partition coefficient (Wildman–Crippen LogP) is 2.24. The van der Waals surface area contributed by atoms with Gasteiger partial charge in [0.05, 0.1) is 6.54 Å². The lowest BCUT2D eigenvalue weighted by Crippen LogP contribution is -2.34. The van der Waals surface area contributed by atoms with Gasteiger partial charge in [-0.3, -0.25) is 4.90 Å². The lowest BCUT2D eigenvalue weighted by molar-refractivity contribution is 0.194. The standard InChI is InChI=1S/C16H23N5/c1-17-15-10-13(5-6-18-15)14-4-3-8-21(11-14)12-16-19-7-9-20(16)2/h5-7,9-10,14H,3-4,8,11-12H2,1-2H3,(H,17,18). The molecule has 0 amide bonds. The highest BCUT2D eigenvalue weighted by molar-refractivity contribution is 5.38. The van der Waals surface area contributed by atoms with Crippen LogP contribution in [0.15, 0.2) is 30.7 Å². The van der Waals surface area contributed by atoms with Gasteiger partial charge in [0.1, 0.15) is 11.6 Å². The van der Waals surface area contributed by atoms with Crippen LogP contribution in [0.4, 0.5) is 5.82 Å². The highest BCUT2D eigenvalue weighted by atomic mass is 15.2. The van der Waals surface area contributed by atoms with E-state index in [2.05, 4.69) is 43.9 Å². The monoisotopic (exact) mass is 285 g/mol. The molecule has 2 aromatic heterocycles. The molecule has 1 N–H and O–H groups in total. The topological polar surface area (TPSA) is 46.0 Å². The number of pyridine rings is 1. The summed E-state index contributed by atoms with van der Waals surface area (Å²) in [5, 5.41) is 3.12. The van der Waals surface area contributed by atoms with Gasteiger partial charge in [-0.1, -0.05) is 0 Å². The third-order valence-electron chi connectivity index (χ3n) is 4.30. The molecule has 5 heteroatoms. The number of nitrogens with zero attached hydrogens (tertiary/aromatic N) is 4. The highest BCUT2D eigenvalue weighted by Crippen LogP contribution is 2.28. The number of hydrogen-bond acceptors (Lipinski definition) is 4. The number of nitrogens with one attached hydrogen (secondary N) is 1. The van der Waals surface area contributed by atoms with E-state index in [1.165, 1.54) is 18.4 Å². The van der Waals surface area contributed by atoms with Crippen LogP contribution in [0.3, 0.4) is 0 Å². The predicted molar refractivity (Wildman–Crippen MR) is 84.2 cm³/mol. The molecule has 3 rings (SSSR count). The van der Waals surface area contributed by atoms with Crippen molar-refractivity contribution in [1.29, 1.82) is 0 Å². The zero-order valence-electron chi connectivity index (χ0n) is 12.8. The van der Waals surface area contributed by atoms with Gasteiger partial charge in [0.15, 0.2) is 0 Å². The van der Waals surface area contributed by atoms with Crippen LogP contribution in [-0.4, -0.2) is 39.6 Å². The number of anilines is 1. The molecule has 3 heterocycles. The van der Waals surface area contributed by atoms with Gasteiger partial charge in [-0.05, 0) is 43.0 Å². The van der Waals surface area contributed by atoms with Crippen LogP contribution in [0.2, 0.25) is 0 Å². The Morgan fingerprint density at radius 3 is 3.00 bits per heavy atom. The van der Waals surface area contributed by atoms with Crippen LogP contribution >= 0.6 is 0 Å². The largest absolute Gasteiger partial charge is 0.373 e. The van der Waals surface area contributed by atoms with Crippen LogP contribution in [0.25, 0.3) is 0 Å². The van der Waals surface area contributed by atoms with Crippen molar-refractivity contribution in [1.82, 2.24) is 19.4 Å². The summed E-state index contributed by atoms with van der Waals surface area (Å²) >= 11 is 0. The molecule has 5 nitrogen and oxygen atoms in total. The van der Waals surface area contributed by atoms with Crippen molar-refractivity contribution < 1.29 is 0 Å². The smallest absolute Gasteiger partial charge is 0.125 e. The maximum Gasteiger partial charge on any atom is 0.125 e. The molecule has 0 saturated carbocycles. The number of hydrogen-bond donors (Lipinski definition) is 1. The number of likely N-dealkylation sites (tertiary alicyclic amines) is 1. The van der Waals surface area contributed by atoms with E-state index < -0.39 is 0 Å². The molecule has 112 valence electrons. The van der Waals surface area contributed by atoms with Crippen LogP contribution in [-0.2, 0) is 13.6 Å². The van der Waals surface area contributed by atoms with Crippen LogP contribution in [0.1, 0.15) is 30.1 Å². The number of piperidine rings is 1. The summed E-state index contributed by atoms with van der Waals surface area (Å²) in [5.74, 6) is 2.68. The summed E-state index contributed by atoms with van der Waals surface area (Å²) in [6, 6.07) is 4.32. The Labute approximate surface area is 126 Å². The normalized spacial score (nSPS) is 19.6. The Balaban J connectivity index is 1.69. The number of aromatic nitrogens is 3. The zero-order valence-corrected chi connectivity index (χ0v) is 12.8. The molecule has 1 unspecified atom stereocenters. The van der Waals surface area contributed by atoms with E-state index in [-0.39, 0.29) is 0 Å². The molecule has 0 bridgehead atoms. The Morgan fingerprint density at radius 1 is 1.33 bits per heavy atom. The molecule has 21 heavy (non-hydrogen) atoms. The van der Waals surface area contributed by atoms with Crippen molar-refractivity contribution in [2.75, 3.05) is 25.5 Å². The van der Waals surface area contributed by atoms with E-state index in [9.17, 15) is 0 Å². The first-order valence-electron chi connectivity index (χ1n) is 7.58.